The summed E-state index contributed by atoms with van der Waals surface area (Å²) < 4.78 is 22.1. The van der Waals surface area contributed by atoms with Crippen LogP contribution in [-0.2, 0) is 9.47 Å². The molecule has 1 aliphatic rings. The van der Waals surface area contributed by atoms with E-state index in [0.717, 1.165) is 34.1 Å². The Morgan fingerprint density at radius 1 is 0.636 bits per heavy atom. The molecule has 0 fully saturated rings. The highest BCUT2D eigenvalue weighted by Crippen LogP contribution is 2.32. The normalized spacial score (nSPS) is 14.1. The van der Waals surface area contributed by atoms with E-state index >= 15 is 0 Å². The number of ether oxygens (including phenoxy) is 4. The van der Waals surface area contributed by atoms with Crippen molar-refractivity contribution in [2.45, 2.75) is 0 Å². The van der Waals surface area contributed by atoms with Crippen LogP contribution in [0.5, 0.6) is 11.5 Å². The van der Waals surface area contributed by atoms with E-state index in [0.29, 0.717) is 13.2 Å². The van der Waals surface area contributed by atoms with Gasteiger partial charge in [0.2, 0.25) is 0 Å². The number of hydrogen-bond acceptors (Lipinski definition) is 4. The van der Waals surface area contributed by atoms with Crippen molar-refractivity contribution in [3.63, 3.8) is 0 Å². The molecule has 0 spiro atoms. The summed E-state index contributed by atoms with van der Waals surface area (Å²) in [6, 6.07) is 15.5. The zero-order chi connectivity index (χ0) is 15.4. The first kappa shape index (κ1) is 14.3. The summed E-state index contributed by atoms with van der Waals surface area (Å²) in [7, 11) is 3.30. The van der Waals surface area contributed by atoms with Gasteiger partial charge in [0.05, 0.1) is 14.2 Å². The lowest BCUT2D eigenvalue weighted by atomic mass is 10.1. The molecule has 0 saturated heterocycles. The maximum Gasteiger partial charge on any atom is 0.169 e. The first-order valence-electron chi connectivity index (χ1n) is 7.10. The van der Waals surface area contributed by atoms with Crippen LogP contribution in [0.1, 0.15) is 11.1 Å². The number of benzene rings is 2. The van der Waals surface area contributed by atoms with Gasteiger partial charge in [0, 0.05) is 11.1 Å². The van der Waals surface area contributed by atoms with E-state index < -0.39 is 0 Å². The Hall–Kier alpha value is -2.62. The second kappa shape index (κ2) is 6.43. The van der Waals surface area contributed by atoms with E-state index in [4.69, 9.17) is 18.9 Å². The predicted octanol–water partition coefficient (Wildman–Crippen LogP) is 3.58. The number of hydrogen-bond donors (Lipinski definition) is 0. The number of rotatable bonds is 4. The van der Waals surface area contributed by atoms with E-state index in [-0.39, 0.29) is 0 Å². The van der Waals surface area contributed by atoms with Crippen molar-refractivity contribution in [1.29, 1.82) is 0 Å². The van der Waals surface area contributed by atoms with Gasteiger partial charge in [-0.05, 0) is 48.5 Å². The van der Waals surface area contributed by atoms with Crippen LogP contribution in [-0.4, -0.2) is 27.4 Å². The topological polar surface area (TPSA) is 36.9 Å². The van der Waals surface area contributed by atoms with Crippen LogP contribution in [0.25, 0.3) is 11.5 Å². The van der Waals surface area contributed by atoms with Crippen molar-refractivity contribution in [2.75, 3.05) is 27.4 Å². The van der Waals surface area contributed by atoms with Crippen LogP contribution in [0.15, 0.2) is 48.5 Å². The SMILES string of the molecule is COc1ccc(C2=C(c3ccc(OC)cc3)OCCO2)cc1. The molecule has 2 aromatic carbocycles. The summed E-state index contributed by atoms with van der Waals surface area (Å²) in [5, 5.41) is 0. The highest BCUT2D eigenvalue weighted by atomic mass is 16.6. The Morgan fingerprint density at radius 3 is 1.32 bits per heavy atom. The van der Waals surface area contributed by atoms with E-state index in [9.17, 15) is 0 Å². The molecule has 22 heavy (non-hydrogen) atoms. The summed E-state index contributed by atoms with van der Waals surface area (Å²) in [6.45, 7) is 1.09. The summed E-state index contributed by atoms with van der Waals surface area (Å²) in [6.07, 6.45) is 0. The van der Waals surface area contributed by atoms with Crippen LogP contribution in [0, 0.1) is 0 Å². The van der Waals surface area contributed by atoms with E-state index in [2.05, 4.69) is 0 Å². The van der Waals surface area contributed by atoms with Gasteiger partial charge in [-0.3, -0.25) is 0 Å². The monoisotopic (exact) mass is 298 g/mol. The lowest BCUT2D eigenvalue weighted by molar-refractivity contribution is 0.143. The summed E-state index contributed by atoms with van der Waals surface area (Å²) in [4.78, 5) is 0. The minimum Gasteiger partial charge on any atom is -0.497 e. The minimum absolute atomic E-state index is 0.543. The van der Waals surface area contributed by atoms with Gasteiger partial charge in [-0.1, -0.05) is 0 Å². The quantitative estimate of drug-likeness (QED) is 0.864. The highest BCUT2D eigenvalue weighted by Gasteiger charge is 2.19. The molecule has 0 radical (unpaired) electrons. The molecule has 1 heterocycles. The average Bonchev–Trinajstić information content (AvgIpc) is 2.62. The van der Waals surface area contributed by atoms with Crippen LogP contribution in [0.3, 0.4) is 0 Å². The Balaban J connectivity index is 2.00. The Bertz CT molecular complexity index is 597. The van der Waals surface area contributed by atoms with Crippen LogP contribution in [0.4, 0.5) is 0 Å². The second-order valence-corrected chi connectivity index (χ2v) is 4.81. The molecule has 0 unspecified atom stereocenters. The van der Waals surface area contributed by atoms with Crippen molar-refractivity contribution in [3.8, 4) is 11.5 Å². The number of methoxy groups -OCH3 is 2. The summed E-state index contributed by atoms with van der Waals surface area (Å²) in [5.41, 5.74) is 1.93. The zero-order valence-corrected chi connectivity index (χ0v) is 12.7. The largest absolute Gasteiger partial charge is 0.497 e. The third-order valence-electron chi connectivity index (χ3n) is 3.49. The van der Waals surface area contributed by atoms with Gasteiger partial charge in [0.1, 0.15) is 24.7 Å². The molecule has 3 rings (SSSR count). The molecule has 0 amide bonds. The predicted molar refractivity (Wildman–Crippen MR) is 84.7 cm³/mol. The molecule has 0 saturated carbocycles. The highest BCUT2D eigenvalue weighted by molar-refractivity contribution is 5.84. The molecule has 4 heteroatoms. The molecular formula is C18H18O4. The van der Waals surface area contributed by atoms with Crippen LogP contribution in [0.2, 0.25) is 0 Å². The Labute approximate surface area is 129 Å². The lowest BCUT2D eigenvalue weighted by Crippen LogP contribution is -2.12. The van der Waals surface area contributed by atoms with Crippen molar-refractivity contribution in [3.05, 3.63) is 59.7 Å². The zero-order valence-electron chi connectivity index (χ0n) is 12.7. The Kier molecular flexibility index (Phi) is 4.19. The first-order valence-corrected chi connectivity index (χ1v) is 7.10. The van der Waals surface area contributed by atoms with Gasteiger partial charge in [0.15, 0.2) is 11.5 Å². The molecule has 0 aromatic heterocycles. The molecule has 0 N–H and O–H groups in total. The fraction of sp³-hybridized carbons (Fsp3) is 0.222. The van der Waals surface area contributed by atoms with Gasteiger partial charge >= 0.3 is 0 Å². The standard InChI is InChI=1S/C18H18O4/c1-19-15-7-3-13(4-8-15)17-18(22-12-11-21-17)14-5-9-16(20-2)10-6-14/h3-10H,11-12H2,1-2H3. The Morgan fingerprint density at radius 2 is 1.00 bits per heavy atom. The van der Waals surface area contributed by atoms with Gasteiger partial charge in [0.25, 0.3) is 0 Å². The molecule has 0 aliphatic carbocycles. The van der Waals surface area contributed by atoms with Gasteiger partial charge in [-0.2, -0.15) is 0 Å². The van der Waals surface area contributed by atoms with Gasteiger partial charge in [-0.15, -0.1) is 0 Å². The van der Waals surface area contributed by atoms with Gasteiger partial charge < -0.3 is 18.9 Å². The van der Waals surface area contributed by atoms with E-state index in [1.54, 1.807) is 14.2 Å². The molecule has 0 atom stereocenters. The third-order valence-corrected chi connectivity index (χ3v) is 3.49. The van der Waals surface area contributed by atoms with E-state index in [1.165, 1.54) is 0 Å². The van der Waals surface area contributed by atoms with Crippen molar-refractivity contribution < 1.29 is 18.9 Å². The average molecular weight is 298 g/mol. The van der Waals surface area contributed by atoms with Crippen LogP contribution < -0.4 is 9.47 Å². The smallest absolute Gasteiger partial charge is 0.169 e. The molecule has 1 aliphatic heterocycles. The maximum absolute atomic E-state index is 5.84. The summed E-state index contributed by atoms with van der Waals surface area (Å²) in [5.74, 6) is 3.12. The first-order chi connectivity index (χ1) is 10.8. The molecular weight excluding hydrogens is 280 g/mol. The van der Waals surface area contributed by atoms with Gasteiger partial charge in [-0.25, -0.2) is 0 Å². The molecule has 0 bridgehead atoms. The summed E-state index contributed by atoms with van der Waals surface area (Å²) >= 11 is 0. The van der Waals surface area contributed by atoms with Crippen LogP contribution >= 0.6 is 0 Å². The fourth-order valence-corrected chi connectivity index (χ4v) is 2.33. The molecule has 2 aromatic rings. The molecule has 114 valence electrons. The van der Waals surface area contributed by atoms with Crippen molar-refractivity contribution in [2.24, 2.45) is 0 Å². The fourth-order valence-electron chi connectivity index (χ4n) is 2.33. The lowest BCUT2D eigenvalue weighted by Gasteiger charge is -2.22. The maximum atomic E-state index is 5.84. The van der Waals surface area contributed by atoms with Crippen molar-refractivity contribution >= 4 is 11.5 Å². The van der Waals surface area contributed by atoms with Crippen molar-refractivity contribution in [1.82, 2.24) is 0 Å². The minimum atomic E-state index is 0.543. The molecule has 4 nitrogen and oxygen atoms in total. The third kappa shape index (κ3) is 2.86. The second-order valence-electron chi connectivity index (χ2n) is 4.81. The van der Waals surface area contributed by atoms with E-state index in [1.807, 2.05) is 48.5 Å².